The van der Waals surface area contributed by atoms with E-state index in [9.17, 15) is 8.78 Å². The Hall–Kier alpha value is -1.06. The van der Waals surface area contributed by atoms with Gasteiger partial charge in [0.2, 0.25) is 0 Å². The summed E-state index contributed by atoms with van der Waals surface area (Å²) in [5.41, 5.74) is 0. The van der Waals surface area contributed by atoms with Crippen molar-refractivity contribution in [2.75, 3.05) is 0 Å². The van der Waals surface area contributed by atoms with Crippen molar-refractivity contribution in [3.8, 4) is 0 Å². The summed E-state index contributed by atoms with van der Waals surface area (Å²) in [5.74, 6) is -1.24. The summed E-state index contributed by atoms with van der Waals surface area (Å²) in [6.45, 7) is 0. The molecule has 2 nitrogen and oxygen atoms in total. The first-order valence-corrected chi connectivity index (χ1v) is 2.38. The summed E-state index contributed by atoms with van der Waals surface area (Å²) in [5, 5.41) is 3.15. The molecule has 0 atom stereocenters. The fourth-order valence-corrected chi connectivity index (χ4v) is 0.470. The molecule has 0 aliphatic rings. The van der Waals surface area contributed by atoms with Crippen LogP contribution >= 0.6 is 0 Å². The van der Waals surface area contributed by atoms with Crippen LogP contribution in [0.5, 0.6) is 0 Å². The maximum atomic E-state index is 12.2. The van der Waals surface area contributed by atoms with Gasteiger partial charge < -0.3 is 0 Å². The van der Waals surface area contributed by atoms with Crippen LogP contribution in [0, 0.1) is 11.9 Å². The summed E-state index contributed by atoms with van der Waals surface area (Å²) in [6, 6.07) is 1.98. The van der Waals surface area contributed by atoms with Crippen LogP contribution in [0.25, 0.3) is 0 Å². The molecule has 4 heteroatoms. The Morgan fingerprint density at radius 2 is 2.11 bits per heavy atom. The van der Waals surface area contributed by atoms with Gasteiger partial charge in [-0.25, -0.2) is 0 Å². The number of aromatic nitrogens is 2. The summed E-state index contributed by atoms with van der Waals surface area (Å²) in [4.78, 5) is 0. The molecule has 0 radical (unpaired) electrons. The smallest absolute Gasteiger partial charge is 0.178 e. The van der Waals surface area contributed by atoms with Crippen LogP contribution in [0.1, 0.15) is 0 Å². The Balaban J connectivity index is 3.17. The topological polar surface area (TPSA) is 16.8 Å². The minimum Gasteiger partial charge on any atom is -0.178 e. The molecule has 1 aromatic rings. The molecule has 0 aliphatic carbocycles. The van der Waals surface area contributed by atoms with E-state index in [2.05, 4.69) is 5.10 Å². The van der Waals surface area contributed by atoms with Crippen molar-refractivity contribution in [2.24, 2.45) is 7.05 Å². The highest BCUT2D eigenvalue weighted by molar-refractivity contribution is 4.82. The molecule has 1 heterocycles. The van der Waals surface area contributed by atoms with E-state index < -0.39 is 11.9 Å². The minimum atomic E-state index is -0.682. The second-order valence-corrected chi connectivity index (χ2v) is 1.60. The summed E-state index contributed by atoms with van der Waals surface area (Å²) in [7, 11) is 1.33. The molecule has 0 fully saturated rings. The van der Waals surface area contributed by atoms with E-state index >= 15 is 0 Å². The quantitative estimate of drug-likeness (QED) is 0.459. The molecule has 0 saturated carbocycles. The summed E-state index contributed by atoms with van der Waals surface area (Å²) < 4.78 is 25.1. The van der Waals surface area contributed by atoms with E-state index in [1.807, 2.05) is 0 Å². The van der Waals surface area contributed by atoms with Crippen LogP contribution in [0.15, 0.2) is 12.1 Å². The molecule has 0 unspecified atom stereocenters. The fourth-order valence-electron chi connectivity index (χ4n) is 0.470. The van der Waals surface area contributed by atoms with Gasteiger partial charge in [0.25, 0.3) is 5.95 Å². The fraction of sp³-hybridized carbons (Fsp3) is 0.200. The normalized spacial score (nSPS) is 9.67. The Bertz CT molecular complexity index is 224. The van der Waals surface area contributed by atoms with E-state index in [4.69, 9.17) is 0 Å². The molecule has 48 valence electrons. The summed E-state index contributed by atoms with van der Waals surface area (Å²) in [6.07, 6.45) is 0. The van der Waals surface area contributed by atoms with E-state index in [0.717, 1.165) is 16.8 Å². The molecular weight excluding hydrogens is 126 g/mol. The van der Waals surface area contributed by atoms with Crippen LogP contribution in [0.3, 0.4) is 0 Å². The van der Waals surface area contributed by atoms with E-state index in [1.54, 1.807) is 0 Å². The highest BCUT2D eigenvalue weighted by Crippen LogP contribution is 1.88. The van der Waals surface area contributed by atoms with Crippen LogP contribution in [-0.2, 0) is 7.05 Å². The molecule has 9 heavy (non-hydrogen) atoms. The number of halogens is 2. The lowest BCUT2D eigenvalue weighted by atomic mass is 10.6. The van der Waals surface area contributed by atoms with Gasteiger partial charge in [-0.05, 0) is 0 Å². The molecule has 0 bridgehead atoms. The lowest BCUT2D eigenvalue weighted by Crippen LogP contribution is -2.38. The average molecular weight is 131 g/mol. The average Bonchev–Trinajstić information content (AvgIpc) is 1.80. The Kier molecular flexibility index (Phi) is 1.38. The van der Waals surface area contributed by atoms with Gasteiger partial charge in [0.05, 0.1) is 0 Å². The maximum absolute atomic E-state index is 12.2. The van der Waals surface area contributed by atoms with Gasteiger partial charge in [-0.1, -0.05) is 4.68 Å². The zero-order valence-electron chi connectivity index (χ0n) is 4.81. The SMILES string of the molecule is C[n+]1nc(F)ccc1F. The molecule has 0 amide bonds. The Morgan fingerprint density at radius 3 is 2.56 bits per heavy atom. The van der Waals surface area contributed by atoms with Crippen LogP contribution in [0.2, 0.25) is 0 Å². The van der Waals surface area contributed by atoms with Crippen molar-refractivity contribution in [3.05, 3.63) is 24.0 Å². The lowest BCUT2D eigenvalue weighted by Gasteiger charge is -1.83. The van der Waals surface area contributed by atoms with Gasteiger partial charge in [-0.3, -0.25) is 0 Å². The molecule has 1 aromatic heterocycles. The number of hydrogen-bond donors (Lipinski definition) is 0. The maximum Gasteiger partial charge on any atom is 0.384 e. The van der Waals surface area contributed by atoms with Crippen LogP contribution < -0.4 is 4.68 Å². The number of hydrogen-bond acceptors (Lipinski definition) is 1. The third-order valence-corrected chi connectivity index (χ3v) is 0.913. The van der Waals surface area contributed by atoms with Crippen molar-refractivity contribution in [2.45, 2.75) is 0 Å². The molecule has 0 N–H and O–H groups in total. The Labute approximate surface area is 50.7 Å². The molecule has 1 rings (SSSR count). The molecular formula is C5H5F2N2+. The number of rotatable bonds is 0. The van der Waals surface area contributed by atoms with E-state index in [1.165, 1.54) is 7.05 Å². The lowest BCUT2D eigenvalue weighted by molar-refractivity contribution is -0.759. The minimum absolute atomic E-state index is 0.559. The zero-order chi connectivity index (χ0) is 6.85. The van der Waals surface area contributed by atoms with Gasteiger partial charge in [0.15, 0.2) is 7.05 Å². The van der Waals surface area contributed by atoms with Gasteiger partial charge in [0, 0.05) is 17.2 Å². The molecule has 0 saturated heterocycles. The standard InChI is InChI=1S/C5H5F2N2/c1-9-5(7)3-2-4(6)8-9/h2-3H,1H3/q+1. The highest BCUT2D eigenvalue weighted by atomic mass is 19.1. The van der Waals surface area contributed by atoms with Crippen molar-refractivity contribution < 1.29 is 13.5 Å². The summed E-state index contributed by atoms with van der Waals surface area (Å²) >= 11 is 0. The van der Waals surface area contributed by atoms with Crippen molar-refractivity contribution in [1.29, 1.82) is 0 Å². The van der Waals surface area contributed by atoms with Gasteiger partial charge in [0.1, 0.15) is 0 Å². The van der Waals surface area contributed by atoms with Crippen LogP contribution in [-0.4, -0.2) is 5.10 Å². The number of aryl methyl sites for hydroxylation is 1. The van der Waals surface area contributed by atoms with Gasteiger partial charge in [-0.15, -0.1) is 4.39 Å². The monoisotopic (exact) mass is 131 g/mol. The zero-order valence-corrected chi connectivity index (χ0v) is 4.81. The van der Waals surface area contributed by atoms with Crippen molar-refractivity contribution in [1.82, 2.24) is 5.10 Å². The first-order valence-electron chi connectivity index (χ1n) is 2.38. The first kappa shape index (κ1) is 6.07. The van der Waals surface area contributed by atoms with Crippen molar-refractivity contribution in [3.63, 3.8) is 0 Å². The van der Waals surface area contributed by atoms with Crippen molar-refractivity contribution >= 4 is 0 Å². The molecule has 0 aromatic carbocycles. The number of nitrogens with zero attached hydrogens (tertiary/aromatic N) is 2. The van der Waals surface area contributed by atoms with Gasteiger partial charge in [-0.2, -0.15) is 4.39 Å². The van der Waals surface area contributed by atoms with Crippen LogP contribution in [0.4, 0.5) is 8.78 Å². The first-order chi connectivity index (χ1) is 4.20. The third kappa shape index (κ3) is 1.19. The van der Waals surface area contributed by atoms with Gasteiger partial charge >= 0.3 is 5.95 Å². The molecule has 0 spiro atoms. The highest BCUT2D eigenvalue weighted by Gasteiger charge is 2.05. The van der Waals surface area contributed by atoms with E-state index in [0.29, 0.717) is 0 Å². The predicted octanol–water partition coefficient (Wildman–Crippen LogP) is 0.184. The second-order valence-electron chi connectivity index (χ2n) is 1.60. The molecule has 0 aliphatic heterocycles. The largest absolute Gasteiger partial charge is 0.384 e. The second kappa shape index (κ2) is 2.05. The Morgan fingerprint density at radius 1 is 1.44 bits per heavy atom. The third-order valence-electron chi connectivity index (χ3n) is 0.913. The van der Waals surface area contributed by atoms with E-state index in [-0.39, 0.29) is 0 Å². The predicted molar refractivity (Wildman–Crippen MR) is 25.3 cm³/mol.